The molecule has 0 saturated carbocycles. The minimum absolute atomic E-state index is 0.681. The summed E-state index contributed by atoms with van der Waals surface area (Å²) >= 11 is 0. The predicted molar refractivity (Wildman–Crippen MR) is 77.4 cm³/mol. The maximum absolute atomic E-state index is 5.57. The third-order valence-corrected chi connectivity index (χ3v) is 3.67. The zero-order valence-corrected chi connectivity index (χ0v) is 12.4. The van der Waals surface area contributed by atoms with E-state index in [0.717, 1.165) is 19.5 Å². The van der Waals surface area contributed by atoms with Gasteiger partial charge in [-0.15, -0.1) is 0 Å². The van der Waals surface area contributed by atoms with E-state index < -0.39 is 0 Å². The Balaban J connectivity index is 3.80. The molecule has 0 fully saturated rings. The Morgan fingerprint density at radius 2 is 1.59 bits per heavy atom. The minimum Gasteiger partial charge on any atom is -0.330 e. The molecular formula is C14H33N3. The van der Waals surface area contributed by atoms with Gasteiger partial charge in [0.15, 0.2) is 0 Å². The summed E-state index contributed by atoms with van der Waals surface area (Å²) in [6.45, 7) is 15.8. The van der Waals surface area contributed by atoms with Crippen LogP contribution in [0.3, 0.4) is 0 Å². The highest BCUT2D eigenvalue weighted by Gasteiger charge is 2.11. The molecule has 0 heterocycles. The molecule has 0 aliphatic heterocycles. The fourth-order valence-corrected chi connectivity index (χ4v) is 2.32. The van der Waals surface area contributed by atoms with Crippen molar-refractivity contribution in [3.63, 3.8) is 0 Å². The lowest BCUT2D eigenvalue weighted by Gasteiger charge is -2.29. The van der Waals surface area contributed by atoms with Gasteiger partial charge < -0.3 is 15.5 Å². The quantitative estimate of drug-likeness (QED) is 0.603. The number of nitrogens with two attached hydrogens (primary N) is 1. The van der Waals surface area contributed by atoms with Gasteiger partial charge in [0.05, 0.1) is 0 Å². The van der Waals surface area contributed by atoms with Crippen LogP contribution in [0.5, 0.6) is 0 Å². The smallest absolute Gasteiger partial charge is 0.00672 e. The largest absolute Gasteiger partial charge is 0.330 e. The number of hydrogen-bond donors (Lipinski definition) is 1. The average molecular weight is 243 g/mol. The molecule has 2 N–H and O–H groups in total. The Morgan fingerprint density at radius 1 is 0.941 bits per heavy atom. The van der Waals surface area contributed by atoms with Gasteiger partial charge in [-0.25, -0.2) is 0 Å². The molecule has 104 valence electrons. The lowest BCUT2D eigenvalue weighted by Crippen LogP contribution is -2.36. The Labute approximate surface area is 108 Å². The number of nitrogens with zero attached hydrogens (tertiary/aromatic N) is 2. The molecule has 1 unspecified atom stereocenters. The van der Waals surface area contributed by atoms with Gasteiger partial charge in [-0.3, -0.25) is 0 Å². The summed E-state index contributed by atoms with van der Waals surface area (Å²) in [5, 5.41) is 0. The van der Waals surface area contributed by atoms with Crippen LogP contribution in [0.4, 0.5) is 0 Å². The van der Waals surface area contributed by atoms with Gasteiger partial charge in [0, 0.05) is 6.04 Å². The Hall–Kier alpha value is -0.120. The van der Waals surface area contributed by atoms with Crippen LogP contribution in [0.15, 0.2) is 0 Å². The first-order valence-electron chi connectivity index (χ1n) is 7.35. The van der Waals surface area contributed by atoms with Gasteiger partial charge >= 0.3 is 0 Å². The summed E-state index contributed by atoms with van der Waals surface area (Å²) in [6, 6.07) is 0.681. The Morgan fingerprint density at radius 3 is 2.06 bits per heavy atom. The zero-order valence-electron chi connectivity index (χ0n) is 12.4. The summed E-state index contributed by atoms with van der Waals surface area (Å²) in [5.74, 6) is 0. The highest BCUT2D eigenvalue weighted by atomic mass is 15.2. The van der Waals surface area contributed by atoms with Gasteiger partial charge in [-0.1, -0.05) is 20.8 Å². The first-order valence-corrected chi connectivity index (χ1v) is 7.35. The number of hydrogen-bond acceptors (Lipinski definition) is 3. The standard InChI is InChI=1S/C14H33N3/c1-5-16(6-2)12-9-13-17(7-3)14(4)10-8-11-15/h14H,5-13,15H2,1-4H3. The highest BCUT2D eigenvalue weighted by molar-refractivity contribution is 4.67. The third-order valence-electron chi connectivity index (χ3n) is 3.67. The van der Waals surface area contributed by atoms with Crippen LogP contribution in [-0.2, 0) is 0 Å². The van der Waals surface area contributed by atoms with Crippen LogP contribution in [0.1, 0.15) is 47.0 Å². The second kappa shape index (κ2) is 11.0. The fraction of sp³-hybridized carbons (Fsp3) is 1.00. The van der Waals surface area contributed by atoms with E-state index in [9.17, 15) is 0 Å². The zero-order chi connectivity index (χ0) is 13.1. The molecule has 0 saturated heterocycles. The molecule has 17 heavy (non-hydrogen) atoms. The Kier molecular flexibility index (Phi) is 10.9. The molecule has 0 aromatic carbocycles. The second-order valence-electron chi connectivity index (χ2n) is 4.79. The minimum atomic E-state index is 0.681. The summed E-state index contributed by atoms with van der Waals surface area (Å²) in [5.41, 5.74) is 5.57. The topological polar surface area (TPSA) is 32.5 Å². The molecular weight excluding hydrogens is 210 g/mol. The summed E-state index contributed by atoms with van der Waals surface area (Å²) in [7, 11) is 0. The van der Waals surface area contributed by atoms with Crippen LogP contribution in [0, 0.1) is 0 Å². The first kappa shape index (κ1) is 16.9. The molecule has 0 aliphatic carbocycles. The van der Waals surface area contributed by atoms with Crippen molar-refractivity contribution in [3.8, 4) is 0 Å². The lowest BCUT2D eigenvalue weighted by atomic mass is 10.1. The molecule has 0 radical (unpaired) electrons. The van der Waals surface area contributed by atoms with E-state index >= 15 is 0 Å². The van der Waals surface area contributed by atoms with Crippen LogP contribution >= 0.6 is 0 Å². The fourth-order valence-electron chi connectivity index (χ4n) is 2.32. The van der Waals surface area contributed by atoms with Crippen molar-refractivity contribution in [2.45, 2.75) is 53.0 Å². The van der Waals surface area contributed by atoms with E-state index in [4.69, 9.17) is 5.73 Å². The summed E-state index contributed by atoms with van der Waals surface area (Å²) in [4.78, 5) is 5.08. The third kappa shape index (κ3) is 7.74. The SMILES string of the molecule is CCN(CC)CCCN(CC)C(C)CCCN. The van der Waals surface area contributed by atoms with Gasteiger partial charge in [0.2, 0.25) is 0 Å². The molecule has 0 spiro atoms. The van der Waals surface area contributed by atoms with E-state index in [1.807, 2.05) is 0 Å². The molecule has 1 atom stereocenters. The van der Waals surface area contributed by atoms with E-state index in [1.165, 1.54) is 39.0 Å². The normalized spacial score (nSPS) is 13.6. The van der Waals surface area contributed by atoms with Crippen LogP contribution in [-0.4, -0.2) is 55.1 Å². The van der Waals surface area contributed by atoms with Crippen LogP contribution < -0.4 is 5.73 Å². The molecule has 0 aromatic heterocycles. The summed E-state index contributed by atoms with van der Waals surface area (Å²) < 4.78 is 0. The van der Waals surface area contributed by atoms with Crippen molar-refractivity contribution in [1.82, 2.24) is 9.80 Å². The molecule has 3 heteroatoms. The van der Waals surface area contributed by atoms with Crippen molar-refractivity contribution in [3.05, 3.63) is 0 Å². The molecule has 0 aromatic rings. The van der Waals surface area contributed by atoms with Crippen LogP contribution in [0.25, 0.3) is 0 Å². The maximum atomic E-state index is 5.57. The van der Waals surface area contributed by atoms with Crippen LogP contribution in [0.2, 0.25) is 0 Å². The molecule has 0 rings (SSSR count). The lowest BCUT2D eigenvalue weighted by molar-refractivity contribution is 0.190. The predicted octanol–water partition coefficient (Wildman–Crippen LogP) is 2.17. The van der Waals surface area contributed by atoms with Crippen molar-refractivity contribution in [1.29, 1.82) is 0 Å². The molecule has 0 bridgehead atoms. The van der Waals surface area contributed by atoms with E-state index in [0.29, 0.717) is 6.04 Å². The van der Waals surface area contributed by atoms with Gasteiger partial charge in [0.25, 0.3) is 0 Å². The second-order valence-corrected chi connectivity index (χ2v) is 4.79. The van der Waals surface area contributed by atoms with Crippen molar-refractivity contribution < 1.29 is 0 Å². The first-order chi connectivity index (χ1) is 8.19. The summed E-state index contributed by atoms with van der Waals surface area (Å²) in [6.07, 6.45) is 3.66. The van der Waals surface area contributed by atoms with Crippen molar-refractivity contribution in [2.75, 3.05) is 39.3 Å². The average Bonchev–Trinajstić information content (AvgIpc) is 2.36. The van der Waals surface area contributed by atoms with Gasteiger partial charge in [-0.05, 0) is 65.5 Å². The van der Waals surface area contributed by atoms with E-state index in [2.05, 4.69) is 37.5 Å². The van der Waals surface area contributed by atoms with Gasteiger partial charge in [0.1, 0.15) is 0 Å². The molecule has 0 amide bonds. The van der Waals surface area contributed by atoms with Crippen molar-refractivity contribution in [2.24, 2.45) is 5.73 Å². The number of rotatable bonds is 11. The van der Waals surface area contributed by atoms with E-state index in [1.54, 1.807) is 0 Å². The Bertz CT molecular complexity index is 158. The van der Waals surface area contributed by atoms with E-state index in [-0.39, 0.29) is 0 Å². The van der Waals surface area contributed by atoms with Gasteiger partial charge in [-0.2, -0.15) is 0 Å². The monoisotopic (exact) mass is 243 g/mol. The van der Waals surface area contributed by atoms with Crippen molar-refractivity contribution >= 4 is 0 Å². The highest BCUT2D eigenvalue weighted by Crippen LogP contribution is 2.07. The maximum Gasteiger partial charge on any atom is 0.00672 e. The molecule has 3 nitrogen and oxygen atoms in total. The molecule has 0 aliphatic rings.